The Morgan fingerprint density at radius 2 is 2.00 bits per heavy atom. The summed E-state index contributed by atoms with van der Waals surface area (Å²) >= 11 is 0. The van der Waals surface area contributed by atoms with Crippen LogP contribution < -0.4 is 0 Å². The summed E-state index contributed by atoms with van der Waals surface area (Å²) in [7, 11) is 1.24. The van der Waals surface area contributed by atoms with Crippen molar-refractivity contribution in [2.24, 2.45) is 0 Å². The van der Waals surface area contributed by atoms with E-state index in [0.717, 1.165) is 25.3 Å². The molecule has 0 heterocycles. The van der Waals surface area contributed by atoms with Crippen LogP contribution in [0.3, 0.4) is 0 Å². The summed E-state index contributed by atoms with van der Waals surface area (Å²) in [5.41, 5.74) is 0. The Labute approximate surface area is 95.9 Å². The van der Waals surface area contributed by atoms with Crippen molar-refractivity contribution in [1.29, 1.82) is 0 Å². The van der Waals surface area contributed by atoms with E-state index in [1.54, 1.807) is 6.08 Å². The number of unbranched alkanes of at least 4 members (excludes halogenated alkanes) is 3. The maximum Gasteiger partial charge on any atom is 0.373 e. The highest BCUT2D eigenvalue weighted by Crippen LogP contribution is 2.07. The number of hydrogen-bond donors (Lipinski definition) is 0. The lowest BCUT2D eigenvalue weighted by molar-refractivity contribution is -0.147. The smallest absolute Gasteiger partial charge is 0.373 e. The number of allylic oxidation sites excluding steroid dienone is 1. The minimum absolute atomic E-state index is 0.0662. The first-order valence-electron chi connectivity index (χ1n) is 5.28. The van der Waals surface area contributed by atoms with Gasteiger partial charge in [0.05, 0.1) is 7.11 Å². The number of esters is 2. The van der Waals surface area contributed by atoms with E-state index in [-0.39, 0.29) is 5.76 Å². The van der Waals surface area contributed by atoms with Crippen LogP contribution in [0.1, 0.15) is 32.6 Å². The normalized spacial score (nSPS) is 10.8. The van der Waals surface area contributed by atoms with Crippen molar-refractivity contribution < 1.29 is 19.1 Å². The van der Waals surface area contributed by atoms with Crippen molar-refractivity contribution in [2.45, 2.75) is 32.6 Å². The number of carbonyl (C=O) groups is 2. The van der Waals surface area contributed by atoms with Crippen LogP contribution >= 0.6 is 0 Å². The van der Waals surface area contributed by atoms with Gasteiger partial charge in [-0.25, -0.2) is 9.59 Å². The molecule has 0 spiro atoms. The summed E-state index contributed by atoms with van der Waals surface area (Å²) in [5, 5.41) is 0. The van der Waals surface area contributed by atoms with Gasteiger partial charge in [0.1, 0.15) is 0 Å². The molecule has 0 atom stereocenters. The predicted molar refractivity (Wildman–Crippen MR) is 60.5 cm³/mol. The molecule has 16 heavy (non-hydrogen) atoms. The van der Waals surface area contributed by atoms with Crippen molar-refractivity contribution in [2.75, 3.05) is 7.11 Å². The molecule has 0 aromatic carbocycles. The Morgan fingerprint density at radius 1 is 1.31 bits per heavy atom. The summed E-state index contributed by atoms with van der Waals surface area (Å²) in [4.78, 5) is 22.2. The minimum atomic E-state index is -0.660. The van der Waals surface area contributed by atoms with Gasteiger partial charge < -0.3 is 9.47 Å². The zero-order chi connectivity index (χ0) is 12.4. The molecule has 0 aromatic heterocycles. The molecule has 0 aliphatic heterocycles. The van der Waals surface area contributed by atoms with E-state index >= 15 is 0 Å². The highest BCUT2D eigenvalue weighted by atomic mass is 16.6. The second kappa shape index (κ2) is 8.71. The minimum Gasteiger partial charge on any atom is -0.463 e. The largest absolute Gasteiger partial charge is 0.463 e. The van der Waals surface area contributed by atoms with Crippen molar-refractivity contribution in [3.63, 3.8) is 0 Å². The van der Waals surface area contributed by atoms with Gasteiger partial charge in [-0.15, -0.1) is 0 Å². The first-order valence-corrected chi connectivity index (χ1v) is 5.28. The molecule has 0 radical (unpaired) electrons. The van der Waals surface area contributed by atoms with Crippen LogP contribution in [-0.4, -0.2) is 19.0 Å². The molecule has 4 heteroatoms. The van der Waals surface area contributed by atoms with Gasteiger partial charge in [-0.3, -0.25) is 0 Å². The Morgan fingerprint density at radius 3 is 2.50 bits per heavy atom. The molecule has 0 N–H and O–H groups in total. The SMILES string of the molecule is C=CC(=O)OC(=CCCCCC)C(=O)OC. The van der Waals surface area contributed by atoms with E-state index < -0.39 is 11.9 Å². The first-order chi connectivity index (χ1) is 7.65. The van der Waals surface area contributed by atoms with E-state index in [9.17, 15) is 9.59 Å². The molecular weight excluding hydrogens is 208 g/mol. The molecule has 0 aromatic rings. The zero-order valence-corrected chi connectivity index (χ0v) is 9.82. The molecule has 0 saturated carbocycles. The summed E-state index contributed by atoms with van der Waals surface area (Å²) in [5.74, 6) is -1.37. The molecule has 4 nitrogen and oxygen atoms in total. The molecule has 0 saturated heterocycles. The Bertz CT molecular complexity index is 279. The van der Waals surface area contributed by atoms with Crippen LogP contribution in [0.2, 0.25) is 0 Å². The van der Waals surface area contributed by atoms with Crippen LogP contribution in [0, 0.1) is 0 Å². The summed E-state index contributed by atoms with van der Waals surface area (Å²) in [6.45, 7) is 5.34. The Balaban J connectivity index is 4.35. The van der Waals surface area contributed by atoms with Crippen molar-refractivity contribution in [3.05, 3.63) is 24.5 Å². The zero-order valence-electron chi connectivity index (χ0n) is 9.82. The van der Waals surface area contributed by atoms with Gasteiger partial charge >= 0.3 is 11.9 Å². The lowest BCUT2D eigenvalue weighted by atomic mass is 10.2. The molecule has 0 aliphatic carbocycles. The number of carbonyl (C=O) groups excluding carboxylic acids is 2. The third-order valence-electron chi connectivity index (χ3n) is 1.90. The van der Waals surface area contributed by atoms with E-state index in [1.807, 2.05) is 0 Å². The first kappa shape index (κ1) is 14.4. The molecule has 0 unspecified atom stereocenters. The second-order valence-corrected chi connectivity index (χ2v) is 3.18. The Kier molecular flexibility index (Phi) is 7.85. The van der Waals surface area contributed by atoms with Gasteiger partial charge in [-0.05, 0) is 18.9 Å². The van der Waals surface area contributed by atoms with Crippen molar-refractivity contribution >= 4 is 11.9 Å². The maximum absolute atomic E-state index is 11.2. The van der Waals surface area contributed by atoms with Gasteiger partial charge in [0, 0.05) is 6.08 Å². The molecule has 0 rings (SSSR count). The number of hydrogen-bond acceptors (Lipinski definition) is 4. The monoisotopic (exact) mass is 226 g/mol. The van der Waals surface area contributed by atoms with Gasteiger partial charge in [-0.2, -0.15) is 0 Å². The lowest BCUT2D eigenvalue weighted by Gasteiger charge is -2.04. The average Bonchev–Trinajstić information content (AvgIpc) is 2.31. The Hall–Kier alpha value is -1.58. The van der Waals surface area contributed by atoms with E-state index in [0.29, 0.717) is 6.42 Å². The molecule has 0 bridgehead atoms. The third kappa shape index (κ3) is 6.01. The quantitative estimate of drug-likeness (QED) is 0.289. The number of methoxy groups -OCH3 is 1. The molecule has 0 fully saturated rings. The van der Waals surface area contributed by atoms with Gasteiger partial charge in [0.25, 0.3) is 0 Å². The lowest BCUT2D eigenvalue weighted by Crippen LogP contribution is -2.11. The van der Waals surface area contributed by atoms with Gasteiger partial charge in [-0.1, -0.05) is 26.3 Å². The molecule has 0 aliphatic rings. The van der Waals surface area contributed by atoms with E-state index in [4.69, 9.17) is 4.74 Å². The average molecular weight is 226 g/mol. The fourth-order valence-corrected chi connectivity index (χ4v) is 1.04. The van der Waals surface area contributed by atoms with Crippen LogP contribution in [0.4, 0.5) is 0 Å². The van der Waals surface area contributed by atoms with Gasteiger partial charge in [0.2, 0.25) is 5.76 Å². The van der Waals surface area contributed by atoms with Crippen LogP contribution in [-0.2, 0) is 19.1 Å². The third-order valence-corrected chi connectivity index (χ3v) is 1.90. The fraction of sp³-hybridized carbons (Fsp3) is 0.500. The summed E-state index contributed by atoms with van der Waals surface area (Å²) in [6, 6.07) is 0. The topological polar surface area (TPSA) is 52.6 Å². The summed E-state index contributed by atoms with van der Waals surface area (Å²) in [6.07, 6.45) is 6.37. The van der Waals surface area contributed by atoms with Crippen LogP contribution in [0.15, 0.2) is 24.5 Å². The molecule has 90 valence electrons. The summed E-state index contributed by atoms with van der Waals surface area (Å²) < 4.78 is 9.26. The maximum atomic E-state index is 11.2. The number of rotatable bonds is 7. The molecule has 0 amide bonds. The number of ether oxygens (including phenoxy) is 2. The molecular formula is C12H18O4. The highest BCUT2D eigenvalue weighted by Gasteiger charge is 2.13. The van der Waals surface area contributed by atoms with E-state index in [2.05, 4.69) is 18.2 Å². The van der Waals surface area contributed by atoms with Crippen molar-refractivity contribution in [3.8, 4) is 0 Å². The second-order valence-electron chi connectivity index (χ2n) is 3.18. The van der Waals surface area contributed by atoms with Crippen LogP contribution in [0.25, 0.3) is 0 Å². The van der Waals surface area contributed by atoms with Gasteiger partial charge in [0.15, 0.2) is 0 Å². The standard InChI is InChI=1S/C12H18O4/c1-4-6-7-8-9-10(12(14)15-3)16-11(13)5-2/h5,9H,2,4,6-8H2,1,3H3. The van der Waals surface area contributed by atoms with E-state index in [1.165, 1.54) is 7.11 Å². The van der Waals surface area contributed by atoms with Crippen LogP contribution in [0.5, 0.6) is 0 Å². The fourth-order valence-electron chi connectivity index (χ4n) is 1.04. The predicted octanol–water partition coefficient (Wildman–Crippen LogP) is 2.35. The highest BCUT2D eigenvalue weighted by molar-refractivity contribution is 5.92. The van der Waals surface area contributed by atoms with Crippen molar-refractivity contribution in [1.82, 2.24) is 0 Å².